The largest absolute Gasteiger partial charge is 0.368 e. The molecule has 6 heteroatoms. The van der Waals surface area contributed by atoms with E-state index < -0.39 is 11.4 Å². The number of hydrazine groups is 1. The molecule has 0 bridgehead atoms. The maximum absolute atomic E-state index is 11.0. The minimum Gasteiger partial charge on any atom is -0.368 e. The lowest BCUT2D eigenvalue weighted by Gasteiger charge is -2.24. The van der Waals surface area contributed by atoms with Crippen molar-refractivity contribution in [3.05, 3.63) is 0 Å². The van der Waals surface area contributed by atoms with Gasteiger partial charge < -0.3 is 11.1 Å². The highest BCUT2D eigenvalue weighted by molar-refractivity contribution is 5.90. The van der Waals surface area contributed by atoms with E-state index in [-0.39, 0.29) is 0 Å². The Morgan fingerprint density at radius 1 is 1.47 bits per heavy atom. The number of hydrogen-bond acceptors (Lipinski definition) is 3. The summed E-state index contributed by atoms with van der Waals surface area (Å²) in [5.74, 6) is 5.19. The topological polar surface area (TPSA) is 106 Å². The van der Waals surface area contributed by atoms with E-state index >= 15 is 0 Å². The number of aliphatic imine (C=N–C) groups is 1. The summed E-state index contributed by atoms with van der Waals surface area (Å²) in [6.45, 7) is 6.08. The average molecular weight is 215 g/mol. The van der Waals surface area contributed by atoms with Crippen molar-refractivity contribution in [3.63, 3.8) is 0 Å². The molecule has 0 saturated heterocycles. The maximum Gasteiger partial charge on any atom is 0.242 e. The van der Waals surface area contributed by atoms with Gasteiger partial charge in [-0.25, -0.2) is 5.84 Å². The fourth-order valence-electron chi connectivity index (χ4n) is 0.828. The predicted octanol–water partition coefficient (Wildman–Crippen LogP) is -0.541. The highest BCUT2D eigenvalue weighted by Gasteiger charge is 2.25. The number of carbonyl (C=O) groups is 1. The molecule has 0 unspecified atom stereocenters. The number of amides is 1. The lowest BCUT2D eigenvalue weighted by atomic mass is 10.1. The van der Waals surface area contributed by atoms with Crippen molar-refractivity contribution in [2.45, 2.75) is 39.2 Å². The van der Waals surface area contributed by atoms with Crippen molar-refractivity contribution in [3.8, 4) is 0 Å². The Kier molecular flexibility index (Phi) is 5.69. The summed E-state index contributed by atoms with van der Waals surface area (Å²) in [6.07, 6.45) is 2.03. The number of guanidine groups is 1. The smallest absolute Gasteiger partial charge is 0.242 e. The molecule has 0 atom stereocenters. The number of nitrogens with two attached hydrogens (primary N) is 2. The number of unbranched alkanes of at least 4 members (excludes halogenated alkanes) is 1. The van der Waals surface area contributed by atoms with E-state index in [1.807, 2.05) is 0 Å². The average Bonchev–Trinajstić information content (AvgIpc) is 2.16. The van der Waals surface area contributed by atoms with Crippen LogP contribution in [0.5, 0.6) is 0 Å². The van der Waals surface area contributed by atoms with Gasteiger partial charge in [0.2, 0.25) is 11.9 Å². The summed E-state index contributed by atoms with van der Waals surface area (Å²) in [5, 5.41) is 2.84. The molecule has 0 aliphatic heterocycles. The molecular formula is C9H21N5O. The molecule has 0 rings (SSSR count). The zero-order chi connectivity index (χ0) is 11.9. The Labute approximate surface area is 90.5 Å². The van der Waals surface area contributed by atoms with Crippen LogP contribution in [0.3, 0.4) is 0 Å². The molecule has 0 aromatic carbocycles. The summed E-state index contributed by atoms with van der Waals surface area (Å²) in [5.41, 5.74) is 6.74. The highest BCUT2D eigenvalue weighted by Crippen LogP contribution is 1.99. The first-order valence-electron chi connectivity index (χ1n) is 5.03. The number of primary amides is 1. The van der Waals surface area contributed by atoms with Gasteiger partial charge in [0.1, 0.15) is 5.54 Å². The van der Waals surface area contributed by atoms with Gasteiger partial charge in [0.15, 0.2) is 0 Å². The van der Waals surface area contributed by atoms with Crippen molar-refractivity contribution in [1.29, 1.82) is 0 Å². The van der Waals surface area contributed by atoms with Gasteiger partial charge in [0.25, 0.3) is 0 Å². The Morgan fingerprint density at radius 2 is 2.07 bits per heavy atom. The second-order valence-corrected chi connectivity index (χ2v) is 3.84. The molecule has 0 fully saturated rings. The number of nitrogens with one attached hydrogen (secondary N) is 2. The van der Waals surface area contributed by atoms with Crippen molar-refractivity contribution in [1.82, 2.24) is 10.7 Å². The van der Waals surface area contributed by atoms with E-state index in [0.29, 0.717) is 12.5 Å². The Balaban J connectivity index is 4.32. The Hall–Kier alpha value is -1.30. The number of nitrogens with zero attached hydrogens (tertiary/aromatic N) is 1. The molecule has 6 N–H and O–H groups in total. The fourth-order valence-corrected chi connectivity index (χ4v) is 0.828. The third-order valence-corrected chi connectivity index (χ3v) is 1.97. The van der Waals surface area contributed by atoms with Crippen LogP contribution in [0.1, 0.15) is 33.6 Å². The van der Waals surface area contributed by atoms with Crippen molar-refractivity contribution >= 4 is 11.9 Å². The lowest BCUT2D eigenvalue weighted by molar-refractivity contribution is -0.122. The van der Waals surface area contributed by atoms with Crippen molar-refractivity contribution in [2.75, 3.05) is 6.54 Å². The molecule has 0 radical (unpaired) electrons. The monoisotopic (exact) mass is 215 g/mol. The molecule has 1 amide bonds. The predicted molar refractivity (Wildman–Crippen MR) is 60.9 cm³/mol. The quantitative estimate of drug-likeness (QED) is 0.162. The van der Waals surface area contributed by atoms with Crippen LogP contribution in [0.4, 0.5) is 0 Å². The van der Waals surface area contributed by atoms with Crippen LogP contribution in [0.15, 0.2) is 4.99 Å². The van der Waals surface area contributed by atoms with Gasteiger partial charge in [0.05, 0.1) is 0 Å². The highest BCUT2D eigenvalue weighted by atomic mass is 16.1. The van der Waals surface area contributed by atoms with Crippen LogP contribution < -0.4 is 22.3 Å². The van der Waals surface area contributed by atoms with Gasteiger partial charge in [-0.3, -0.25) is 15.2 Å². The van der Waals surface area contributed by atoms with Gasteiger partial charge >= 0.3 is 0 Å². The molecule has 6 nitrogen and oxygen atoms in total. The molecule has 15 heavy (non-hydrogen) atoms. The number of carbonyl (C=O) groups excluding carboxylic acids is 1. The molecule has 0 saturated carbocycles. The third kappa shape index (κ3) is 5.21. The van der Waals surface area contributed by atoms with Gasteiger partial charge in [-0.1, -0.05) is 13.3 Å². The summed E-state index contributed by atoms with van der Waals surface area (Å²) < 4.78 is 0. The standard InChI is InChI=1S/C9H21N5O/c1-4-5-6-12-8(14-11)13-9(2,3)7(10)15/h4-6,11H2,1-3H3,(H2,10,15)(H2,12,13,14). The van der Waals surface area contributed by atoms with Crippen LogP contribution in [-0.4, -0.2) is 24.0 Å². The first-order chi connectivity index (χ1) is 6.94. The number of hydrogen-bond donors (Lipinski definition) is 4. The van der Waals surface area contributed by atoms with E-state index in [4.69, 9.17) is 11.6 Å². The first kappa shape index (κ1) is 13.7. The molecule has 88 valence electrons. The summed E-state index contributed by atoms with van der Waals surface area (Å²) >= 11 is 0. The van der Waals surface area contributed by atoms with Crippen LogP contribution in [-0.2, 0) is 4.79 Å². The van der Waals surface area contributed by atoms with Gasteiger partial charge in [0, 0.05) is 6.54 Å². The molecule has 0 aliphatic carbocycles. The van der Waals surface area contributed by atoms with Gasteiger partial charge in [-0.05, 0) is 20.3 Å². The minimum atomic E-state index is -0.864. The molecule has 0 aromatic rings. The minimum absolute atomic E-state index is 0.382. The second-order valence-electron chi connectivity index (χ2n) is 3.84. The van der Waals surface area contributed by atoms with E-state index in [1.54, 1.807) is 13.8 Å². The van der Waals surface area contributed by atoms with Crippen molar-refractivity contribution in [2.24, 2.45) is 16.6 Å². The molecule has 0 heterocycles. The Bertz CT molecular complexity index is 237. The van der Waals surface area contributed by atoms with Crippen LogP contribution in [0.25, 0.3) is 0 Å². The van der Waals surface area contributed by atoms with Crippen LogP contribution in [0.2, 0.25) is 0 Å². The van der Waals surface area contributed by atoms with E-state index in [0.717, 1.165) is 12.8 Å². The van der Waals surface area contributed by atoms with Crippen molar-refractivity contribution < 1.29 is 4.79 Å². The lowest BCUT2D eigenvalue weighted by Crippen LogP contribution is -2.57. The van der Waals surface area contributed by atoms with Gasteiger partial charge in [-0.2, -0.15) is 0 Å². The van der Waals surface area contributed by atoms with Gasteiger partial charge in [-0.15, -0.1) is 0 Å². The summed E-state index contributed by atoms with van der Waals surface area (Å²) in [6, 6.07) is 0. The van der Waals surface area contributed by atoms with E-state index in [2.05, 4.69) is 22.7 Å². The zero-order valence-electron chi connectivity index (χ0n) is 9.63. The summed E-state index contributed by atoms with van der Waals surface area (Å²) in [4.78, 5) is 15.2. The molecule has 0 spiro atoms. The van der Waals surface area contributed by atoms with E-state index in [9.17, 15) is 4.79 Å². The zero-order valence-corrected chi connectivity index (χ0v) is 9.63. The van der Waals surface area contributed by atoms with Crippen LogP contribution >= 0.6 is 0 Å². The third-order valence-electron chi connectivity index (χ3n) is 1.97. The molecule has 0 aliphatic rings. The maximum atomic E-state index is 11.0. The molecule has 0 aromatic heterocycles. The number of rotatable bonds is 5. The Morgan fingerprint density at radius 3 is 2.47 bits per heavy atom. The fraction of sp³-hybridized carbons (Fsp3) is 0.778. The molecular weight excluding hydrogens is 194 g/mol. The SMILES string of the molecule is CCCCN=C(NN)NC(C)(C)C(N)=O. The van der Waals surface area contributed by atoms with Crippen LogP contribution in [0, 0.1) is 0 Å². The van der Waals surface area contributed by atoms with E-state index in [1.165, 1.54) is 0 Å². The normalized spacial score (nSPS) is 12.4. The first-order valence-corrected chi connectivity index (χ1v) is 5.03. The second kappa shape index (κ2) is 6.23. The summed E-state index contributed by atoms with van der Waals surface area (Å²) in [7, 11) is 0.